The van der Waals surface area contributed by atoms with Crippen molar-refractivity contribution in [2.75, 3.05) is 31.2 Å². The van der Waals surface area contributed by atoms with Crippen molar-refractivity contribution in [3.8, 4) is 0 Å². The Morgan fingerprint density at radius 3 is 2.45 bits per heavy atom. The molecule has 22 heavy (non-hydrogen) atoms. The number of hydrogen-bond donors (Lipinski definition) is 0. The van der Waals surface area contributed by atoms with Crippen LogP contribution < -0.4 is 4.90 Å². The van der Waals surface area contributed by atoms with Crippen LogP contribution in [0.25, 0.3) is 0 Å². The standard InChI is InChI=1S/C16H18N4O2/c21-16(19-9-11-22-12-10-19)20(15-17-7-4-8-18-15)13-14-5-2-1-3-6-14/h1-8H,9-13H2. The average Bonchev–Trinajstić information content (AvgIpc) is 2.61. The molecule has 0 atom stereocenters. The molecule has 0 radical (unpaired) electrons. The van der Waals surface area contributed by atoms with E-state index in [1.807, 2.05) is 30.3 Å². The molecule has 0 aliphatic carbocycles. The van der Waals surface area contributed by atoms with Crippen LogP contribution in [-0.4, -0.2) is 47.2 Å². The van der Waals surface area contributed by atoms with Gasteiger partial charge in [-0.25, -0.2) is 14.8 Å². The van der Waals surface area contributed by atoms with Crippen molar-refractivity contribution in [2.45, 2.75) is 6.54 Å². The van der Waals surface area contributed by atoms with Crippen molar-refractivity contribution >= 4 is 12.0 Å². The summed E-state index contributed by atoms with van der Waals surface area (Å²) in [5.74, 6) is 0.419. The van der Waals surface area contributed by atoms with E-state index in [9.17, 15) is 4.79 Å². The molecule has 1 aliphatic rings. The number of nitrogens with zero attached hydrogens (tertiary/aromatic N) is 4. The Bertz CT molecular complexity index is 600. The van der Waals surface area contributed by atoms with E-state index in [0.29, 0.717) is 38.8 Å². The SMILES string of the molecule is O=C(N1CCOCC1)N(Cc1ccccc1)c1ncccn1. The number of benzene rings is 1. The maximum Gasteiger partial charge on any atom is 0.327 e. The van der Waals surface area contributed by atoms with Crippen LogP contribution >= 0.6 is 0 Å². The van der Waals surface area contributed by atoms with Gasteiger partial charge in [0.05, 0.1) is 19.8 Å². The number of carbonyl (C=O) groups is 1. The lowest BCUT2D eigenvalue weighted by molar-refractivity contribution is 0.0547. The normalized spacial score (nSPS) is 14.6. The fourth-order valence-electron chi connectivity index (χ4n) is 2.35. The van der Waals surface area contributed by atoms with Gasteiger partial charge in [0.1, 0.15) is 0 Å². The van der Waals surface area contributed by atoms with Gasteiger partial charge in [0.25, 0.3) is 0 Å². The van der Waals surface area contributed by atoms with Gasteiger partial charge in [0.2, 0.25) is 5.95 Å². The first kappa shape index (κ1) is 14.5. The second-order valence-corrected chi connectivity index (χ2v) is 5.00. The van der Waals surface area contributed by atoms with Gasteiger partial charge in [-0.1, -0.05) is 30.3 Å². The number of morpholine rings is 1. The van der Waals surface area contributed by atoms with Crippen LogP contribution in [0.4, 0.5) is 10.7 Å². The lowest BCUT2D eigenvalue weighted by Crippen LogP contribution is -2.48. The van der Waals surface area contributed by atoms with Gasteiger partial charge in [-0.05, 0) is 11.6 Å². The minimum Gasteiger partial charge on any atom is -0.378 e. The predicted octanol–water partition coefficient (Wildman–Crippen LogP) is 1.94. The van der Waals surface area contributed by atoms with E-state index in [1.165, 1.54) is 0 Å². The summed E-state index contributed by atoms with van der Waals surface area (Å²) in [6.07, 6.45) is 3.29. The molecule has 1 aromatic heterocycles. The number of rotatable bonds is 3. The lowest BCUT2D eigenvalue weighted by atomic mass is 10.2. The van der Waals surface area contributed by atoms with Crippen molar-refractivity contribution in [3.63, 3.8) is 0 Å². The molecule has 0 spiro atoms. The molecule has 2 amide bonds. The van der Waals surface area contributed by atoms with E-state index in [2.05, 4.69) is 9.97 Å². The monoisotopic (exact) mass is 298 g/mol. The second kappa shape index (κ2) is 7.00. The zero-order chi connectivity index (χ0) is 15.2. The smallest absolute Gasteiger partial charge is 0.327 e. The third-order valence-electron chi connectivity index (χ3n) is 3.49. The number of aromatic nitrogens is 2. The zero-order valence-corrected chi connectivity index (χ0v) is 12.3. The van der Waals surface area contributed by atoms with Gasteiger partial charge in [-0.3, -0.25) is 4.90 Å². The number of urea groups is 1. The van der Waals surface area contributed by atoms with Crippen LogP contribution in [0.1, 0.15) is 5.56 Å². The van der Waals surface area contributed by atoms with Crippen LogP contribution in [0.2, 0.25) is 0 Å². The van der Waals surface area contributed by atoms with Gasteiger partial charge in [-0.15, -0.1) is 0 Å². The Morgan fingerprint density at radius 2 is 1.77 bits per heavy atom. The summed E-state index contributed by atoms with van der Waals surface area (Å²) in [5, 5.41) is 0. The van der Waals surface area contributed by atoms with Crippen LogP contribution in [0, 0.1) is 0 Å². The molecule has 6 heteroatoms. The van der Waals surface area contributed by atoms with E-state index in [4.69, 9.17) is 4.74 Å². The van der Waals surface area contributed by atoms with Gasteiger partial charge in [0.15, 0.2) is 0 Å². The van der Waals surface area contributed by atoms with Crippen LogP contribution in [0.3, 0.4) is 0 Å². The molecule has 2 aromatic rings. The number of amides is 2. The molecule has 1 fully saturated rings. The molecule has 0 unspecified atom stereocenters. The van der Waals surface area contributed by atoms with E-state index in [-0.39, 0.29) is 6.03 Å². The number of ether oxygens (including phenoxy) is 1. The summed E-state index contributed by atoms with van der Waals surface area (Å²) in [6.45, 7) is 2.77. The third-order valence-corrected chi connectivity index (χ3v) is 3.49. The molecule has 2 heterocycles. The Morgan fingerprint density at radius 1 is 1.09 bits per heavy atom. The van der Waals surface area contributed by atoms with Crippen LogP contribution in [-0.2, 0) is 11.3 Å². The van der Waals surface area contributed by atoms with E-state index in [0.717, 1.165) is 5.56 Å². The van der Waals surface area contributed by atoms with E-state index < -0.39 is 0 Å². The van der Waals surface area contributed by atoms with Gasteiger partial charge < -0.3 is 9.64 Å². The summed E-state index contributed by atoms with van der Waals surface area (Å²) in [4.78, 5) is 24.7. The first-order valence-electron chi connectivity index (χ1n) is 7.30. The summed E-state index contributed by atoms with van der Waals surface area (Å²) >= 11 is 0. The van der Waals surface area contributed by atoms with Gasteiger partial charge in [0, 0.05) is 25.5 Å². The average molecular weight is 298 g/mol. The molecule has 1 saturated heterocycles. The summed E-state index contributed by atoms with van der Waals surface area (Å²) in [6, 6.07) is 11.5. The van der Waals surface area contributed by atoms with Crippen molar-refractivity contribution in [3.05, 3.63) is 54.4 Å². The molecule has 1 aromatic carbocycles. The predicted molar refractivity (Wildman–Crippen MR) is 82.4 cm³/mol. The molecule has 0 N–H and O–H groups in total. The lowest BCUT2D eigenvalue weighted by Gasteiger charge is -2.31. The van der Waals surface area contributed by atoms with Crippen molar-refractivity contribution in [1.29, 1.82) is 0 Å². The molecule has 0 bridgehead atoms. The highest BCUT2D eigenvalue weighted by Gasteiger charge is 2.25. The minimum absolute atomic E-state index is 0.0849. The van der Waals surface area contributed by atoms with Crippen LogP contribution in [0.5, 0.6) is 0 Å². The minimum atomic E-state index is -0.0849. The summed E-state index contributed by atoms with van der Waals surface area (Å²) in [5.41, 5.74) is 1.04. The second-order valence-electron chi connectivity index (χ2n) is 5.00. The summed E-state index contributed by atoms with van der Waals surface area (Å²) in [7, 11) is 0. The number of carbonyl (C=O) groups excluding carboxylic acids is 1. The topological polar surface area (TPSA) is 58.6 Å². The number of hydrogen-bond acceptors (Lipinski definition) is 4. The van der Waals surface area contributed by atoms with Gasteiger partial charge in [-0.2, -0.15) is 0 Å². The van der Waals surface area contributed by atoms with Gasteiger partial charge >= 0.3 is 6.03 Å². The van der Waals surface area contributed by atoms with Crippen molar-refractivity contribution < 1.29 is 9.53 Å². The molecule has 114 valence electrons. The molecular weight excluding hydrogens is 280 g/mol. The maximum atomic E-state index is 12.8. The fourth-order valence-corrected chi connectivity index (χ4v) is 2.35. The highest BCUT2D eigenvalue weighted by molar-refractivity contribution is 5.90. The Labute approximate surface area is 129 Å². The maximum absolute atomic E-state index is 12.8. The Hall–Kier alpha value is -2.47. The highest BCUT2D eigenvalue weighted by atomic mass is 16.5. The Kier molecular flexibility index (Phi) is 4.60. The molecular formula is C16H18N4O2. The molecule has 6 nitrogen and oxygen atoms in total. The highest BCUT2D eigenvalue weighted by Crippen LogP contribution is 2.15. The molecule has 1 aliphatic heterocycles. The van der Waals surface area contributed by atoms with E-state index in [1.54, 1.807) is 28.3 Å². The number of anilines is 1. The fraction of sp³-hybridized carbons (Fsp3) is 0.312. The quantitative estimate of drug-likeness (QED) is 0.869. The first-order chi connectivity index (χ1) is 10.8. The summed E-state index contributed by atoms with van der Waals surface area (Å²) < 4.78 is 5.31. The van der Waals surface area contributed by atoms with Crippen LogP contribution in [0.15, 0.2) is 48.8 Å². The zero-order valence-electron chi connectivity index (χ0n) is 12.3. The van der Waals surface area contributed by atoms with Crippen molar-refractivity contribution in [1.82, 2.24) is 14.9 Å². The van der Waals surface area contributed by atoms with Crippen molar-refractivity contribution in [2.24, 2.45) is 0 Å². The molecule has 0 saturated carbocycles. The Balaban J connectivity index is 1.84. The largest absolute Gasteiger partial charge is 0.378 e. The first-order valence-corrected chi connectivity index (χ1v) is 7.30. The third kappa shape index (κ3) is 3.40. The molecule has 3 rings (SSSR count). The van der Waals surface area contributed by atoms with E-state index >= 15 is 0 Å².